The highest BCUT2D eigenvalue weighted by Crippen LogP contribution is 2.30. The van der Waals surface area contributed by atoms with Crippen LogP contribution in [0, 0.1) is 6.01 Å². The van der Waals surface area contributed by atoms with Gasteiger partial charge in [-0.05, 0) is 6.07 Å². The number of halogens is 4. The molecular weight excluding hydrogens is 178 g/mol. The maximum Gasteiger partial charge on any atom is 0.410 e. The van der Waals surface area contributed by atoms with Gasteiger partial charge in [0.1, 0.15) is 5.76 Å². The van der Waals surface area contributed by atoms with Crippen LogP contribution in [-0.2, 0) is 0 Å². The van der Waals surface area contributed by atoms with Gasteiger partial charge in [-0.25, -0.2) is 0 Å². The first-order valence-corrected chi connectivity index (χ1v) is 2.99. The molecule has 0 unspecified atom stereocenters. The van der Waals surface area contributed by atoms with E-state index in [0.717, 1.165) is 12.1 Å². The van der Waals surface area contributed by atoms with Crippen LogP contribution >= 0.6 is 0 Å². The lowest BCUT2D eigenvalue weighted by atomic mass is 10.2. The highest BCUT2D eigenvalue weighted by molar-refractivity contribution is 5.06. The number of hydrogen-bond acceptors (Lipinski definition) is 2. The van der Waals surface area contributed by atoms with Gasteiger partial charge < -0.3 is 10.2 Å². The van der Waals surface area contributed by atoms with Gasteiger partial charge in [0.2, 0.25) is 0 Å². The van der Waals surface area contributed by atoms with Crippen LogP contribution in [0.5, 0.6) is 0 Å². The van der Waals surface area contributed by atoms with Gasteiger partial charge in [0, 0.05) is 6.07 Å². The summed E-state index contributed by atoms with van der Waals surface area (Å²) < 4.78 is 51.7. The van der Waals surface area contributed by atoms with Gasteiger partial charge in [-0.15, -0.1) is 0 Å². The zero-order valence-corrected chi connectivity index (χ0v) is 5.73. The molecule has 0 amide bonds. The Balaban J connectivity index is 2.85. The lowest BCUT2D eigenvalue weighted by Crippen LogP contribution is -2.27. The molecule has 0 aliphatic carbocycles. The molecule has 0 saturated heterocycles. The van der Waals surface area contributed by atoms with Crippen LogP contribution < -0.4 is 5.73 Å². The first-order chi connectivity index (χ1) is 5.41. The van der Waals surface area contributed by atoms with E-state index in [1.54, 1.807) is 0 Å². The van der Waals surface area contributed by atoms with Crippen molar-refractivity contribution in [1.29, 1.82) is 0 Å². The van der Waals surface area contributed by atoms with Crippen molar-refractivity contribution in [3.63, 3.8) is 0 Å². The molecule has 0 spiro atoms. The second kappa shape index (κ2) is 2.78. The first-order valence-electron chi connectivity index (χ1n) is 2.99. The van der Waals surface area contributed by atoms with Gasteiger partial charge in [-0.1, -0.05) is 0 Å². The van der Waals surface area contributed by atoms with Crippen LogP contribution in [0.15, 0.2) is 16.5 Å². The van der Waals surface area contributed by atoms with Crippen molar-refractivity contribution < 1.29 is 22.0 Å². The molecule has 0 aliphatic rings. The summed E-state index contributed by atoms with van der Waals surface area (Å²) in [6.07, 6.45) is -4.61. The molecule has 0 saturated carbocycles. The van der Waals surface area contributed by atoms with Gasteiger partial charge in [0.25, 0.3) is 6.01 Å². The Morgan fingerprint density at radius 2 is 1.92 bits per heavy atom. The lowest BCUT2D eigenvalue weighted by molar-refractivity contribution is -0.153. The smallest absolute Gasteiger partial charge is 0.410 e. The predicted octanol–water partition coefficient (Wildman–Crippen LogP) is 1.98. The second-order valence-corrected chi connectivity index (χ2v) is 2.16. The Labute approximate surface area is 65.0 Å². The fourth-order valence-corrected chi connectivity index (χ4v) is 0.657. The molecule has 0 aliphatic heterocycles. The van der Waals surface area contributed by atoms with Crippen molar-refractivity contribution in [3.8, 4) is 0 Å². The van der Waals surface area contributed by atoms with Gasteiger partial charge in [0.05, 0.1) is 0 Å². The minimum absolute atomic E-state index is 0.625. The normalized spacial score (nSPS) is 14.8. The van der Waals surface area contributed by atoms with Crippen LogP contribution in [-0.4, -0.2) is 6.18 Å². The molecule has 1 atom stereocenters. The Hall–Kier alpha value is -1.04. The number of rotatable bonds is 1. The minimum Gasteiger partial charge on any atom is -0.434 e. The molecular formula is C6H5F4NO. The standard InChI is InChI=1S/C6H5F4NO/c7-4-2-1-3(12-4)5(11)6(8,9)10/h1-2,5H,11H2/t5-/m0/s1. The predicted molar refractivity (Wildman–Crippen MR) is 31.6 cm³/mol. The SMILES string of the molecule is N[C@@H](c1ccc(F)o1)C(F)(F)F. The van der Waals surface area contributed by atoms with Crippen LogP contribution in [0.3, 0.4) is 0 Å². The second-order valence-electron chi connectivity index (χ2n) is 2.16. The molecule has 1 rings (SSSR count). The van der Waals surface area contributed by atoms with Crippen LogP contribution in [0.2, 0.25) is 0 Å². The maximum atomic E-state index is 12.1. The van der Waals surface area contributed by atoms with Crippen LogP contribution in [0.1, 0.15) is 11.8 Å². The van der Waals surface area contributed by atoms with Gasteiger partial charge in [-0.3, -0.25) is 0 Å². The quantitative estimate of drug-likeness (QED) is 0.676. The molecule has 12 heavy (non-hydrogen) atoms. The first kappa shape index (κ1) is 9.05. The molecule has 6 heteroatoms. The van der Waals surface area contributed by atoms with E-state index < -0.39 is 24.0 Å². The Morgan fingerprint density at radius 1 is 1.33 bits per heavy atom. The number of alkyl halides is 3. The molecule has 1 heterocycles. The summed E-state index contributed by atoms with van der Waals surface area (Å²) in [6, 6.07) is -1.71. The van der Waals surface area contributed by atoms with Gasteiger partial charge in [-0.2, -0.15) is 17.6 Å². The Bertz CT molecular complexity index is 267. The number of nitrogens with two attached hydrogens (primary N) is 1. The minimum atomic E-state index is -4.61. The highest BCUT2D eigenvalue weighted by atomic mass is 19.4. The summed E-state index contributed by atoms with van der Waals surface area (Å²) in [6.45, 7) is 0. The van der Waals surface area contributed by atoms with E-state index in [2.05, 4.69) is 4.42 Å². The molecule has 2 N–H and O–H groups in total. The maximum absolute atomic E-state index is 12.1. The molecule has 68 valence electrons. The largest absolute Gasteiger partial charge is 0.434 e. The van der Waals surface area contributed by atoms with E-state index in [0.29, 0.717) is 0 Å². The van der Waals surface area contributed by atoms with Crippen molar-refractivity contribution in [2.24, 2.45) is 5.73 Å². The number of furan rings is 1. The van der Waals surface area contributed by atoms with E-state index in [-0.39, 0.29) is 0 Å². The zero-order chi connectivity index (χ0) is 9.35. The number of hydrogen-bond donors (Lipinski definition) is 1. The summed E-state index contributed by atoms with van der Waals surface area (Å²) in [7, 11) is 0. The average molecular weight is 183 g/mol. The lowest BCUT2D eigenvalue weighted by Gasteiger charge is -2.11. The summed E-state index contributed by atoms with van der Waals surface area (Å²) >= 11 is 0. The fourth-order valence-electron chi connectivity index (χ4n) is 0.657. The van der Waals surface area contributed by atoms with Crippen molar-refractivity contribution >= 4 is 0 Å². The third-order valence-electron chi connectivity index (χ3n) is 1.25. The fraction of sp³-hybridized carbons (Fsp3) is 0.333. The van der Waals surface area contributed by atoms with Crippen LogP contribution in [0.4, 0.5) is 17.6 Å². The van der Waals surface area contributed by atoms with E-state index in [4.69, 9.17) is 5.73 Å². The van der Waals surface area contributed by atoms with Crippen molar-refractivity contribution in [1.82, 2.24) is 0 Å². The molecule has 0 bridgehead atoms. The molecule has 0 fully saturated rings. The summed E-state index contributed by atoms with van der Waals surface area (Å²) in [5, 5.41) is 0. The monoisotopic (exact) mass is 183 g/mol. The van der Waals surface area contributed by atoms with E-state index in [1.165, 1.54) is 0 Å². The Morgan fingerprint density at radius 3 is 2.25 bits per heavy atom. The molecule has 1 aromatic heterocycles. The van der Waals surface area contributed by atoms with E-state index in [1.807, 2.05) is 0 Å². The third-order valence-corrected chi connectivity index (χ3v) is 1.25. The molecule has 0 aromatic carbocycles. The van der Waals surface area contributed by atoms with E-state index >= 15 is 0 Å². The van der Waals surface area contributed by atoms with Crippen LogP contribution in [0.25, 0.3) is 0 Å². The Kier molecular flexibility index (Phi) is 2.10. The molecule has 0 radical (unpaired) electrons. The van der Waals surface area contributed by atoms with E-state index in [9.17, 15) is 17.6 Å². The molecule has 1 aromatic rings. The molecule has 2 nitrogen and oxygen atoms in total. The summed E-state index contributed by atoms with van der Waals surface area (Å²) in [5.74, 6) is -0.625. The van der Waals surface area contributed by atoms with Crippen molar-refractivity contribution in [2.45, 2.75) is 12.2 Å². The topological polar surface area (TPSA) is 39.2 Å². The summed E-state index contributed by atoms with van der Waals surface area (Å²) in [5.41, 5.74) is 4.70. The summed E-state index contributed by atoms with van der Waals surface area (Å²) in [4.78, 5) is 0. The average Bonchev–Trinajstić information content (AvgIpc) is 2.32. The zero-order valence-electron chi connectivity index (χ0n) is 5.73. The van der Waals surface area contributed by atoms with Crippen molar-refractivity contribution in [3.05, 3.63) is 23.9 Å². The van der Waals surface area contributed by atoms with Crippen molar-refractivity contribution in [2.75, 3.05) is 0 Å². The third kappa shape index (κ3) is 1.76. The highest BCUT2D eigenvalue weighted by Gasteiger charge is 2.40. The van der Waals surface area contributed by atoms with Gasteiger partial charge >= 0.3 is 6.18 Å². The van der Waals surface area contributed by atoms with Gasteiger partial charge in [0.15, 0.2) is 6.04 Å².